The smallest absolute Gasteiger partial charge is 0.0956 e. The molecule has 0 spiro atoms. The Hall–Kier alpha value is 0.0700. The molecule has 0 aliphatic carbocycles. The normalized spacial score (nSPS) is 28.3. The summed E-state index contributed by atoms with van der Waals surface area (Å²) in [4.78, 5) is 0. The Bertz CT molecular complexity index is 175. The van der Waals surface area contributed by atoms with E-state index >= 15 is 0 Å². The Balaban J connectivity index is 2.48. The van der Waals surface area contributed by atoms with Crippen molar-refractivity contribution in [2.24, 2.45) is 5.73 Å². The van der Waals surface area contributed by atoms with Gasteiger partial charge in [-0.3, -0.25) is 0 Å². The van der Waals surface area contributed by atoms with Crippen LogP contribution in [0.15, 0.2) is 0 Å². The van der Waals surface area contributed by atoms with Gasteiger partial charge < -0.3 is 5.73 Å². The van der Waals surface area contributed by atoms with Gasteiger partial charge in [-0.2, -0.15) is 0 Å². The molecule has 0 aromatic rings. The average Bonchev–Trinajstić information content (AvgIpc) is 2.30. The van der Waals surface area contributed by atoms with Gasteiger partial charge in [-0.15, -0.1) is 0 Å². The van der Waals surface area contributed by atoms with E-state index in [0.717, 1.165) is 31.6 Å². The molecule has 1 heterocycles. The Labute approximate surface area is 83.3 Å². The second kappa shape index (κ2) is 5.73. The fraction of sp³-hybridized carbons (Fsp3) is 1.00. The van der Waals surface area contributed by atoms with Crippen LogP contribution in [0.5, 0.6) is 0 Å². The van der Waals surface area contributed by atoms with Gasteiger partial charge in [0.05, 0.1) is 17.2 Å². The molecule has 0 amide bonds. The highest BCUT2D eigenvalue weighted by molar-refractivity contribution is 7.82. The van der Waals surface area contributed by atoms with E-state index in [0.29, 0.717) is 0 Å². The standard InChI is InChI=1S/C9H20N2OS/c1-2-8-13(12)11-7-5-3-4-6-9(11)10/h9H,2-8,10H2,1H3. The van der Waals surface area contributed by atoms with Gasteiger partial charge >= 0.3 is 0 Å². The topological polar surface area (TPSA) is 46.3 Å². The van der Waals surface area contributed by atoms with E-state index in [1.165, 1.54) is 12.8 Å². The van der Waals surface area contributed by atoms with Crippen LogP contribution < -0.4 is 5.73 Å². The maximum atomic E-state index is 11.7. The molecule has 1 rings (SSSR count). The van der Waals surface area contributed by atoms with Crippen LogP contribution in [0.3, 0.4) is 0 Å². The SMILES string of the molecule is CCCS(=O)N1CCCCCC1N. The van der Waals surface area contributed by atoms with Crippen LogP contribution in [0.25, 0.3) is 0 Å². The molecule has 0 aromatic heterocycles. The highest BCUT2D eigenvalue weighted by atomic mass is 32.2. The second-order valence-corrected chi connectivity index (χ2v) is 5.10. The van der Waals surface area contributed by atoms with Gasteiger partial charge in [0.15, 0.2) is 0 Å². The van der Waals surface area contributed by atoms with Gasteiger partial charge in [-0.1, -0.05) is 19.8 Å². The van der Waals surface area contributed by atoms with Crippen molar-refractivity contribution >= 4 is 11.0 Å². The third kappa shape index (κ3) is 3.37. The lowest BCUT2D eigenvalue weighted by Gasteiger charge is -2.24. The van der Waals surface area contributed by atoms with E-state index in [9.17, 15) is 4.21 Å². The van der Waals surface area contributed by atoms with Gasteiger partial charge in [-0.05, 0) is 19.3 Å². The third-order valence-corrected chi connectivity index (χ3v) is 4.12. The summed E-state index contributed by atoms with van der Waals surface area (Å²) >= 11 is 0. The van der Waals surface area contributed by atoms with Gasteiger partial charge in [0.2, 0.25) is 0 Å². The summed E-state index contributed by atoms with van der Waals surface area (Å²) in [6.45, 7) is 2.97. The number of nitrogens with two attached hydrogens (primary N) is 1. The zero-order valence-electron chi connectivity index (χ0n) is 8.37. The minimum absolute atomic E-state index is 0.0230. The molecule has 3 nitrogen and oxygen atoms in total. The number of nitrogens with zero attached hydrogens (tertiary/aromatic N) is 1. The molecule has 1 fully saturated rings. The highest BCUT2D eigenvalue weighted by Gasteiger charge is 2.21. The van der Waals surface area contributed by atoms with Gasteiger partial charge in [0.1, 0.15) is 0 Å². The molecule has 1 saturated heterocycles. The summed E-state index contributed by atoms with van der Waals surface area (Å²) in [6, 6.07) is 0. The molecule has 13 heavy (non-hydrogen) atoms. The average molecular weight is 204 g/mol. The zero-order chi connectivity index (χ0) is 9.68. The third-order valence-electron chi connectivity index (χ3n) is 2.39. The van der Waals surface area contributed by atoms with Crippen LogP contribution in [-0.4, -0.2) is 27.0 Å². The van der Waals surface area contributed by atoms with E-state index in [4.69, 9.17) is 5.73 Å². The summed E-state index contributed by atoms with van der Waals surface area (Å²) < 4.78 is 13.7. The van der Waals surface area contributed by atoms with E-state index < -0.39 is 11.0 Å². The van der Waals surface area contributed by atoms with Gasteiger partial charge in [0.25, 0.3) is 0 Å². The molecular weight excluding hydrogens is 184 g/mol. The maximum absolute atomic E-state index is 11.7. The van der Waals surface area contributed by atoms with E-state index in [-0.39, 0.29) is 6.17 Å². The van der Waals surface area contributed by atoms with Crippen molar-refractivity contribution in [2.75, 3.05) is 12.3 Å². The minimum Gasteiger partial charge on any atom is -0.315 e. The Morgan fingerprint density at radius 3 is 2.92 bits per heavy atom. The van der Waals surface area contributed by atoms with Crippen molar-refractivity contribution in [3.8, 4) is 0 Å². The van der Waals surface area contributed by atoms with E-state index in [2.05, 4.69) is 6.92 Å². The van der Waals surface area contributed by atoms with Crippen LogP contribution in [0, 0.1) is 0 Å². The molecule has 78 valence electrons. The fourth-order valence-electron chi connectivity index (χ4n) is 1.65. The van der Waals surface area contributed by atoms with Crippen molar-refractivity contribution in [1.29, 1.82) is 0 Å². The highest BCUT2D eigenvalue weighted by Crippen LogP contribution is 2.15. The minimum atomic E-state index is -0.839. The molecule has 2 unspecified atom stereocenters. The summed E-state index contributed by atoms with van der Waals surface area (Å²) in [7, 11) is -0.839. The van der Waals surface area contributed by atoms with Crippen molar-refractivity contribution in [3.05, 3.63) is 0 Å². The molecular formula is C9H20N2OS. The van der Waals surface area contributed by atoms with Crippen molar-refractivity contribution in [1.82, 2.24) is 4.31 Å². The van der Waals surface area contributed by atoms with Crippen LogP contribution in [0.1, 0.15) is 39.0 Å². The molecule has 0 radical (unpaired) electrons. The lowest BCUT2D eigenvalue weighted by atomic mass is 10.2. The van der Waals surface area contributed by atoms with Gasteiger partial charge in [0, 0.05) is 12.3 Å². The zero-order valence-corrected chi connectivity index (χ0v) is 9.18. The second-order valence-electron chi connectivity index (χ2n) is 3.58. The first kappa shape index (κ1) is 11.1. The Morgan fingerprint density at radius 1 is 1.46 bits per heavy atom. The molecule has 0 bridgehead atoms. The van der Waals surface area contributed by atoms with Gasteiger partial charge in [-0.25, -0.2) is 8.51 Å². The van der Waals surface area contributed by atoms with Crippen LogP contribution in [-0.2, 0) is 11.0 Å². The molecule has 0 aromatic carbocycles. The van der Waals surface area contributed by atoms with Crippen LogP contribution >= 0.6 is 0 Å². The number of hydrogen-bond donors (Lipinski definition) is 1. The summed E-state index contributed by atoms with van der Waals surface area (Å²) in [5, 5.41) is 0. The predicted octanol–water partition coefficient (Wildman–Crippen LogP) is 1.22. The lowest BCUT2D eigenvalue weighted by Crippen LogP contribution is -2.43. The van der Waals surface area contributed by atoms with Crippen molar-refractivity contribution in [3.63, 3.8) is 0 Å². The monoisotopic (exact) mass is 204 g/mol. The largest absolute Gasteiger partial charge is 0.315 e. The fourth-order valence-corrected chi connectivity index (χ4v) is 2.98. The first-order chi connectivity index (χ1) is 6.25. The van der Waals surface area contributed by atoms with Crippen molar-refractivity contribution < 1.29 is 4.21 Å². The molecule has 0 saturated carbocycles. The Morgan fingerprint density at radius 2 is 2.23 bits per heavy atom. The first-order valence-electron chi connectivity index (χ1n) is 5.16. The molecule has 4 heteroatoms. The Kier molecular flexibility index (Phi) is 4.91. The van der Waals surface area contributed by atoms with Crippen LogP contribution in [0.2, 0.25) is 0 Å². The lowest BCUT2D eigenvalue weighted by molar-refractivity contribution is 0.349. The summed E-state index contributed by atoms with van der Waals surface area (Å²) in [6.07, 6.45) is 5.54. The van der Waals surface area contributed by atoms with E-state index in [1.54, 1.807) is 0 Å². The number of hydrogen-bond acceptors (Lipinski definition) is 2. The summed E-state index contributed by atoms with van der Waals surface area (Å²) in [5.74, 6) is 0.758. The molecule has 2 N–H and O–H groups in total. The quantitative estimate of drug-likeness (QED) is 0.751. The summed E-state index contributed by atoms with van der Waals surface area (Å²) in [5.41, 5.74) is 5.94. The molecule has 2 atom stereocenters. The number of rotatable bonds is 3. The van der Waals surface area contributed by atoms with E-state index in [1.807, 2.05) is 4.31 Å². The van der Waals surface area contributed by atoms with Crippen molar-refractivity contribution in [2.45, 2.75) is 45.2 Å². The molecule has 1 aliphatic heterocycles. The molecule has 1 aliphatic rings. The predicted molar refractivity (Wildman–Crippen MR) is 56.4 cm³/mol. The van der Waals surface area contributed by atoms with Crippen LogP contribution in [0.4, 0.5) is 0 Å². The maximum Gasteiger partial charge on any atom is 0.0956 e. The first-order valence-corrected chi connectivity index (χ1v) is 6.44.